The van der Waals surface area contributed by atoms with Gasteiger partial charge in [-0.3, -0.25) is 4.21 Å². The third-order valence-electron chi connectivity index (χ3n) is 2.07. The minimum atomic E-state index is -1.10. The minimum absolute atomic E-state index is 0.443. The van der Waals surface area contributed by atoms with Crippen molar-refractivity contribution in [3.05, 3.63) is 23.2 Å². The predicted octanol–water partition coefficient (Wildman–Crippen LogP) is 2.72. The molecule has 0 amide bonds. The molecule has 0 saturated carbocycles. The van der Waals surface area contributed by atoms with Crippen molar-refractivity contribution in [2.45, 2.75) is 24.2 Å². The van der Waals surface area contributed by atoms with Crippen LogP contribution in [0.3, 0.4) is 0 Å². The highest BCUT2D eigenvalue weighted by Gasteiger charge is 2.08. The van der Waals surface area contributed by atoms with Crippen LogP contribution in [0.2, 0.25) is 5.02 Å². The van der Waals surface area contributed by atoms with Gasteiger partial charge in [0.1, 0.15) is 0 Å². The van der Waals surface area contributed by atoms with Gasteiger partial charge in [-0.25, -0.2) is 0 Å². The van der Waals surface area contributed by atoms with Gasteiger partial charge in [-0.1, -0.05) is 11.6 Å². The van der Waals surface area contributed by atoms with Gasteiger partial charge in [-0.05, 0) is 31.0 Å². The van der Waals surface area contributed by atoms with E-state index in [1.54, 1.807) is 18.2 Å². The Morgan fingerprint density at radius 3 is 2.81 bits per heavy atom. The molecule has 3 nitrogen and oxygen atoms in total. The van der Waals surface area contributed by atoms with E-state index in [4.69, 9.17) is 22.6 Å². The summed E-state index contributed by atoms with van der Waals surface area (Å²) in [6.07, 6.45) is 2.04. The molecular weight excluding hydrogens is 244 g/mol. The van der Waals surface area contributed by atoms with Crippen LogP contribution in [-0.2, 0) is 10.8 Å². The number of halogens is 1. The molecule has 86 valence electrons. The number of hydrogen-bond acceptors (Lipinski definition) is 3. The fourth-order valence-corrected chi connectivity index (χ4v) is 2.88. The Morgan fingerprint density at radius 2 is 2.19 bits per heavy atom. The highest BCUT2D eigenvalue weighted by atomic mass is 35.5. The Kier molecular flexibility index (Phi) is 5.30. The molecule has 0 spiro atoms. The number of nitrogens with two attached hydrogens (primary N) is 1. The van der Waals surface area contributed by atoms with Gasteiger partial charge in [-0.15, -0.1) is 0 Å². The zero-order valence-corrected chi connectivity index (χ0v) is 10.4. The Balaban J connectivity index is 2.57. The molecule has 0 aromatic heterocycles. The molecule has 0 saturated heterocycles. The lowest BCUT2D eigenvalue weighted by Crippen LogP contribution is -1.99. The monoisotopic (exact) mass is 256 g/mol. The van der Waals surface area contributed by atoms with E-state index >= 15 is 0 Å². The second-order valence-corrected chi connectivity index (χ2v) is 5.30. The Hall–Kier alpha value is -1.05. The first-order valence-corrected chi connectivity index (χ1v) is 6.65. The average molecular weight is 257 g/mol. The smallest absolute Gasteiger partial charge is 0.0621 e. The molecule has 0 aliphatic heterocycles. The Morgan fingerprint density at radius 1 is 1.44 bits per heavy atom. The van der Waals surface area contributed by atoms with Crippen molar-refractivity contribution in [1.82, 2.24) is 0 Å². The molecule has 1 unspecified atom stereocenters. The third kappa shape index (κ3) is 3.84. The van der Waals surface area contributed by atoms with Crippen LogP contribution in [0.4, 0.5) is 5.69 Å². The van der Waals surface area contributed by atoms with E-state index < -0.39 is 10.8 Å². The van der Waals surface area contributed by atoms with E-state index in [0.717, 1.165) is 12.8 Å². The van der Waals surface area contributed by atoms with Crippen LogP contribution in [-0.4, -0.2) is 9.96 Å². The van der Waals surface area contributed by atoms with Gasteiger partial charge in [0, 0.05) is 17.9 Å². The molecule has 0 aliphatic carbocycles. The van der Waals surface area contributed by atoms with Crippen LogP contribution in [0.25, 0.3) is 0 Å². The topological polar surface area (TPSA) is 66.9 Å². The molecule has 1 aromatic rings. The zero-order valence-electron chi connectivity index (χ0n) is 8.78. The lowest BCUT2D eigenvalue weighted by molar-refractivity contribution is 0.678. The molecule has 1 aromatic carbocycles. The number of nitriles is 1. The first-order chi connectivity index (χ1) is 7.65. The summed E-state index contributed by atoms with van der Waals surface area (Å²) in [5.74, 6) is 0.533. The van der Waals surface area contributed by atoms with Crippen LogP contribution >= 0.6 is 11.6 Å². The number of nitrogens with zero attached hydrogens (tertiary/aromatic N) is 1. The molecule has 0 fully saturated rings. The van der Waals surface area contributed by atoms with E-state index in [2.05, 4.69) is 6.07 Å². The number of rotatable bonds is 5. The van der Waals surface area contributed by atoms with Crippen molar-refractivity contribution in [2.75, 3.05) is 11.5 Å². The maximum atomic E-state index is 11.8. The van der Waals surface area contributed by atoms with Crippen LogP contribution in [0.5, 0.6) is 0 Å². The molecule has 0 aliphatic rings. The van der Waals surface area contributed by atoms with Gasteiger partial charge < -0.3 is 5.73 Å². The van der Waals surface area contributed by atoms with Crippen molar-refractivity contribution in [1.29, 1.82) is 5.26 Å². The summed E-state index contributed by atoms with van der Waals surface area (Å²) in [6.45, 7) is 0. The van der Waals surface area contributed by atoms with Crippen molar-refractivity contribution in [3.63, 3.8) is 0 Å². The van der Waals surface area contributed by atoms with Crippen LogP contribution in [0.1, 0.15) is 19.3 Å². The van der Waals surface area contributed by atoms with Crippen molar-refractivity contribution in [3.8, 4) is 6.07 Å². The minimum Gasteiger partial charge on any atom is -0.399 e. The van der Waals surface area contributed by atoms with Crippen molar-refractivity contribution >= 4 is 28.1 Å². The third-order valence-corrected chi connectivity index (χ3v) is 4.00. The highest BCUT2D eigenvalue weighted by Crippen LogP contribution is 2.23. The van der Waals surface area contributed by atoms with Gasteiger partial charge in [-0.2, -0.15) is 5.26 Å². The molecule has 16 heavy (non-hydrogen) atoms. The fourth-order valence-electron chi connectivity index (χ4n) is 1.25. The Bertz CT molecular complexity index is 428. The second-order valence-electron chi connectivity index (χ2n) is 3.35. The van der Waals surface area contributed by atoms with E-state index in [1.165, 1.54) is 0 Å². The summed E-state index contributed by atoms with van der Waals surface area (Å²) in [5.41, 5.74) is 6.11. The van der Waals surface area contributed by atoms with Crippen molar-refractivity contribution < 1.29 is 4.21 Å². The average Bonchev–Trinajstić information content (AvgIpc) is 2.24. The van der Waals surface area contributed by atoms with E-state index in [0.29, 0.717) is 27.8 Å². The van der Waals surface area contributed by atoms with Crippen LogP contribution < -0.4 is 5.73 Å². The highest BCUT2D eigenvalue weighted by molar-refractivity contribution is 7.85. The van der Waals surface area contributed by atoms with Gasteiger partial charge >= 0.3 is 0 Å². The predicted molar refractivity (Wildman–Crippen MR) is 66.6 cm³/mol. The molecule has 1 atom stereocenters. The maximum Gasteiger partial charge on any atom is 0.0621 e. The summed E-state index contributed by atoms with van der Waals surface area (Å²) in [5, 5.41) is 8.81. The van der Waals surface area contributed by atoms with E-state index in [-0.39, 0.29) is 0 Å². The number of unbranched alkanes of at least 4 members (excludes halogenated alkanes) is 2. The summed E-state index contributed by atoms with van der Waals surface area (Å²) < 4.78 is 11.8. The van der Waals surface area contributed by atoms with Gasteiger partial charge in [0.05, 0.1) is 26.8 Å². The molecule has 0 radical (unpaired) electrons. The maximum absolute atomic E-state index is 11.8. The van der Waals surface area contributed by atoms with E-state index in [9.17, 15) is 4.21 Å². The number of hydrogen-bond donors (Lipinski definition) is 1. The van der Waals surface area contributed by atoms with Crippen LogP contribution in [0, 0.1) is 11.3 Å². The normalized spacial score (nSPS) is 12.0. The fraction of sp³-hybridized carbons (Fsp3) is 0.364. The molecule has 0 heterocycles. The molecular formula is C11H13ClN2OS. The summed E-state index contributed by atoms with van der Waals surface area (Å²) in [4.78, 5) is 0.618. The summed E-state index contributed by atoms with van der Waals surface area (Å²) in [6, 6.07) is 7.04. The molecule has 1 rings (SSSR count). The van der Waals surface area contributed by atoms with Gasteiger partial charge in [0.2, 0.25) is 0 Å². The van der Waals surface area contributed by atoms with Crippen LogP contribution in [0.15, 0.2) is 23.1 Å². The number of nitrogen functional groups attached to an aromatic ring is 1. The summed E-state index contributed by atoms with van der Waals surface area (Å²) >= 11 is 5.94. The quantitative estimate of drug-likeness (QED) is 0.651. The number of anilines is 1. The van der Waals surface area contributed by atoms with Crippen molar-refractivity contribution in [2.24, 2.45) is 0 Å². The summed E-state index contributed by atoms with van der Waals surface area (Å²) in [7, 11) is -1.10. The molecule has 5 heteroatoms. The lowest BCUT2D eigenvalue weighted by Gasteiger charge is -2.04. The lowest BCUT2D eigenvalue weighted by atomic mass is 10.3. The number of benzene rings is 1. The zero-order chi connectivity index (χ0) is 12.0. The standard InChI is InChI=1S/C11H13ClN2OS/c12-10-8-9(14)4-5-11(10)16(15)7-3-1-2-6-13/h4-5,8H,1-3,7,14H2. The van der Waals surface area contributed by atoms with Gasteiger partial charge in [0.25, 0.3) is 0 Å². The molecule has 0 bridgehead atoms. The SMILES string of the molecule is N#CCCCCS(=O)c1ccc(N)cc1Cl. The largest absolute Gasteiger partial charge is 0.399 e. The first kappa shape index (κ1) is 13.0. The first-order valence-electron chi connectivity index (χ1n) is 4.95. The molecule has 2 N–H and O–H groups in total. The van der Waals surface area contributed by atoms with E-state index in [1.807, 2.05) is 0 Å². The second kappa shape index (κ2) is 6.51. The van der Waals surface area contributed by atoms with Gasteiger partial charge in [0.15, 0.2) is 0 Å². The Labute approximate surface area is 103 Å².